The highest BCUT2D eigenvalue weighted by molar-refractivity contribution is 5.64. The third-order valence-electron chi connectivity index (χ3n) is 4.88. The highest BCUT2D eigenvalue weighted by Gasteiger charge is 2.26. The molecule has 1 N–H and O–H groups in total. The summed E-state index contributed by atoms with van der Waals surface area (Å²) in [5.74, 6) is 0.502. The van der Waals surface area contributed by atoms with E-state index in [2.05, 4.69) is 36.1 Å². The topological polar surface area (TPSA) is 66.6 Å². The van der Waals surface area contributed by atoms with E-state index in [9.17, 15) is 15.2 Å². The lowest BCUT2D eigenvalue weighted by molar-refractivity contribution is -0.384. The largest absolute Gasteiger partial charge is 0.392 e. The Morgan fingerprint density at radius 3 is 2.54 bits per heavy atom. The van der Waals surface area contributed by atoms with Gasteiger partial charge in [0.15, 0.2) is 0 Å². The van der Waals surface area contributed by atoms with Crippen molar-refractivity contribution in [2.75, 3.05) is 18.0 Å². The lowest BCUT2D eigenvalue weighted by Gasteiger charge is -2.34. The Balaban J connectivity index is 1.80. The Kier molecular flexibility index (Phi) is 4.81. The van der Waals surface area contributed by atoms with Crippen molar-refractivity contribution in [1.82, 2.24) is 0 Å². The highest BCUT2D eigenvalue weighted by Crippen LogP contribution is 2.36. The molecule has 3 rings (SSSR count). The van der Waals surface area contributed by atoms with E-state index in [4.69, 9.17) is 0 Å². The molecular formula is C19H22N2O3. The Morgan fingerprint density at radius 2 is 1.92 bits per heavy atom. The van der Waals surface area contributed by atoms with Gasteiger partial charge in [0.1, 0.15) is 5.69 Å². The van der Waals surface area contributed by atoms with Gasteiger partial charge in [0, 0.05) is 19.2 Å². The van der Waals surface area contributed by atoms with Gasteiger partial charge in [-0.05, 0) is 54.5 Å². The molecule has 2 aromatic carbocycles. The molecule has 1 saturated heterocycles. The number of benzene rings is 2. The van der Waals surface area contributed by atoms with Crippen LogP contribution in [0.4, 0.5) is 11.4 Å². The molecule has 0 bridgehead atoms. The van der Waals surface area contributed by atoms with Crippen molar-refractivity contribution in [2.24, 2.45) is 0 Å². The minimum absolute atomic E-state index is 0.106. The molecular weight excluding hydrogens is 304 g/mol. The van der Waals surface area contributed by atoms with Gasteiger partial charge in [-0.15, -0.1) is 0 Å². The van der Waals surface area contributed by atoms with Gasteiger partial charge in [0.05, 0.1) is 11.5 Å². The van der Waals surface area contributed by atoms with E-state index in [0.717, 1.165) is 25.9 Å². The molecule has 126 valence electrons. The number of rotatable bonds is 4. The molecule has 1 heterocycles. The Labute approximate surface area is 141 Å². The van der Waals surface area contributed by atoms with Crippen LogP contribution in [-0.4, -0.2) is 23.1 Å². The van der Waals surface area contributed by atoms with Crippen LogP contribution in [0.2, 0.25) is 0 Å². The summed E-state index contributed by atoms with van der Waals surface area (Å²) in [7, 11) is 0. The van der Waals surface area contributed by atoms with Gasteiger partial charge >= 0.3 is 0 Å². The predicted octanol–water partition coefficient (Wildman–Crippen LogP) is 3.78. The standard InChI is InChI=1S/C19H22N2O3/c1-14-4-2-3-5-17(14)16-8-10-20(11-9-16)19-12-15(13-22)6-7-18(19)21(23)24/h2-7,12,16,22H,8-11,13H2,1H3. The molecule has 0 amide bonds. The minimum atomic E-state index is -0.343. The Morgan fingerprint density at radius 1 is 1.21 bits per heavy atom. The number of nitrogens with zero attached hydrogens (tertiary/aromatic N) is 2. The average molecular weight is 326 g/mol. The van der Waals surface area contributed by atoms with E-state index < -0.39 is 0 Å². The third-order valence-corrected chi connectivity index (χ3v) is 4.88. The normalized spacial score (nSPS) is 15.5. The first kappa shape index (κ1) is 16.5. The average Bonchev–Trinajstić information content (AvgIpc) is 2.61. The second kappa shape index (κ2) is 7.01. The zero-order valence-corrected chi connectivity index (χ0v) is 13.8. The van der Waals surface area contributed by atoms with Crippen molar-refractivity contribution in [1.29, 1.82) is 0 Å². The number of nitro groups is 1. The Hall–Kier alpha value is -2.40. The quantitative estimate of drug-likeness (QED) is 0.686. The van der Waals surface area contributed by atoms with Crippen LogP contribution in [0.1, 0.15) is 35.4 Å². The summed E-state index contributed by atoms with van der Waals surface area (Å²) in [5, 5.41) is 20.6. The second-order valence-corrected chi connectivity index (χ2v) is 6.36. The summed E-state index contributed by atoms with van der Waals surface area (Å²) in [5.41, 5.74) is 4.13. The number of piperidine rings is 1. The lowest BCUT2D eigenvalue weighted by Crippen LogP contribution is -2.33. The molecule has 5 nitrogen and oxygen atoms in total. The predicted molar refractivity (Wildman–Crippen MR) is 94.4 cm³/mol. The van der Waals surface area contributed by atoms with Crippen molar-refractivity contribution in [3.63, 3.8) is 0 Å². The molecule has 2 aromatic rings. The molecule has 5 heteroatoms. The van der Waals surface area contributed by atoms with Crippen LogP contribution in [0.3, 0.4) is 0 Å². The van der Waals surface area contributed by atoms with Gasteiger partial charge in [-0.25, -0.2) is 0 Å². The minimum Gasteiger partial charge on any atom is -0.392 e. The number of anilines is 1. The van der Waals surface area contributed by atoms with E-state index >= 15 is 0 Å². The summed E-state index contributed by atoms with van der Waals surface area (Å²) < 4.78 is 0. The number of aliphatic hydroxyl groups excluding tert-OH is 1. The van der Waals surface area contributed by atoms with Gasteiger partial charge in [0.25, 0.3) is 5.69 Å². The maximum atomic E-state index is 11.3. The maximum Gasteiger partial charge on any atom is 0.292 e. The molecule has 1 aliphatic rings. The van der Waals surface area contributed by atoms with Crippen LogP contribution < -0.4 is 4.90 Å². The first-order chi connectivity index (χ1) is 11.6. The van der Waals surface area contributed by atoms with Crippen LogP contribution in [0.5, 0.6) is 0 Å². The molecule has 24 heavy (non-hydrogen) atoms. The first-order valence-electron chi connectivity index (χ1n) is 8.29. The number of hydrogen-bond donors (Lipinski definition) is 1. The summed E-state index contributed by atoms with van der Waals surface area (Å²) in [6.45, 7) is 3.60. The summed E-state index contributed by atoms with van der Waals surface area (Å²) in [6.07, 6.45) is 1.96. The fraction of sp³-hybridized carbons (Fsp3) is 0.368. The van der Waals surface area contributed by atoms with Crippen LogP contribution in [-0.2, 0) is 6.61 Å². The number of nitro benzene ring substituents is 1. The Bertz CT molecular complexity index is 737. The van der Waals surface area contributed by atoms with Crippen LogP contribution in [0.25, 0.3) is 0 Å². The van der Waals surface area contributed by atoms with Gasteiger partial charge in [-0.3, -0.25) is 10.1 Å². The third kappa shape index (κ3) is 3.26. The molecule has 1 aliphatic heterocycles. The molecule has 0 atom stereocenters. The number of aryl methyl sites for hydroxylation is 1. The molecule has 1 fully saturated rings. The van der Waals surface area contributed by atoms with Crippen molar-refractivity contribution < 1.29 is 10.0 Å². The fourth-order valence-electron chi connectivity index (χ4n) is 3.55. The fourth-order valence-corrected chi connectivity index (χ4v) is 3.55. The molecule has 0 aromatic heterocycles. The lowest BCUT2D eigenvalue weighted by atomic mass is 9.86. The molecule has 0 saturated carbocycles. The monoisotopic (exact) mass is 326 g/mol. The summed E-state index contributed by atoms with van der Waals surface area (Å²) >= 11 is 0. The molecule has 0 radical (unpaired) electrons. The molecule has 0 aliphatic carbocycles. The van der Waals surface area contributed by atoms with Gasteiger partial charge in [0.2, 0.25) is 0 Å². The molecule has 0 spiro atoms. The van der Waals surface area contributed by atoms with E-state index in [0.29, 0.717) is 17.2 Å². The zero-order valence-electron chi connectivity index (χ0n) is 13.8. The molecule has 0 unspecified atom stereocenters. The summed E-state index contributed by atoms with van der Waals surface area (Å²) in [6, 6.07) is 13.3. The SMILES string of the molecule is Cc1ccccc1C1CCN(c2cc(CO)ccc2[N+](=O)[O-])CC1. The van der Waals surface area contributed by atoms with E-state index in [-0.39, 0.29) is 17.2 Å². The van der Waals surface area contributed by atoms with E-state index in [1.165, 1.54) is 17.2 Å². The van der Waals surface area contributed by atoms with Gasteiger partial charge < -0.3 is 10.0 Å². The van der Waals surface area contributed by atoms with Gasteiger partial charge in [-0.2, -0.15) is 0 Å². The van der Waals surface area contributed by atoms with Crippen molar-refractivity contribution in [3.8, 4) is 0 Å². The second-order valence-electron chi connectivity index (χ2n) is 6.36. The van der Waals surface area contributed by atoms with Crippen molar-refractivity contribution in [3.05, 3.63) is 69.3 Å². The first-order valence-corrected chi connectivity index (χ1v) is 8.29. The maximum absolute atomic E-state index is 11.3. The van der Waals surface area contributed by atoms with Crippen molar-refractivity contribution in [2.45, 2.75) is 32.3 Å². The number of aliphatic hydroxyl groups is 1. The number of hydrogen-bond acceptors (Lipinski definition) is 4. The van der Waals surface area contributed by atoms with Crippen molar-refractivity contribution >= 4 is 11.4 Å². The highest BCUT2D eigenvalue weighted by atomic mass is 16.6. The smallest absolute Gasteiger partial charge is 0.292 e. The van der Waals surface area contributed by atoms with Crippen LogP contribution in [0, 0.1) is 17.0 Å². The summed E-state index contributed by atoms with van der Waals surface area (Å²) in [4.78, 5) is 13.0. The zero-order chi connectivity index (χ0) is 17.1. The van der Waals surface area contributed by atoms with Crippen LogP contribution in [0.15, 0.2) is 42.5 Å². The van der Waals surface area contributed by atoms with E-state index in [1.54, 1.807) is 12.1 Å². The van der Waals surface area contributed by atoms with Crippen LogP contribution >= 0.6 is 0 Å². The van der Waals surface area contributed by atoms with Gasteiger partial charge in [-0.1, -0.05) is 24.3 Å². The van der Waals surface area contributed by atoms with E-state index in [1.807, 2.05) is 0 Å².